The number of hydrogen-bond donors (Lipinski definition) is 0. The number of ether oxygens (including phenoxy) is 3. The van der Waals surface area contributed by atoms with E-state index in [2.05, 4.69) is 15.9 Å². The number of alkyl halides is 1. The van der Waals surface area contributed by atoms with Gasteiger partial charge in [-0.1, -0.05) is 15.9 Å². The molecular formula is C12H21BrO3. The summed E-state index contributed by atoms with van der Waals surface area (Å²) in [5.41, 5.74) is -0.0127. The minimum Gasteiger partial charge on any atom is -0.381 e. The van der Waals surface area contributed by atoms with Gasteiger partial charge in [0.15, 0.2) is 0 Å². The van der Waals surface area contributed by atoms with Crippen LogP contribution in [-0.4, -0.2) is 44.0 Å². The second-order valence-corrected chi connectivity index (χ2v) is 5.36. The molecule has 2 fully saturated rings. The number of rotatable bonds is 7. The average Bonchev–Trinajstić information content (AvgIpc) is 3.14. The predicted octanol–water partition coefficient (Wildman–Crippen LogP) is 2.37. The molecule has 16 heavy (non-hydrogen) atoms. The molecule has 0 unspecified atom stereocenters. The molecule has 2 rings (SSSR count). The highest BCUT2D eigenvalue weighted by Crippen LogP contribution is 2.29. The van der Waals surface area contributed by atoms with Crippen molar-refractivity contribution >= 4 is 15.9 Å². The van der Waals surface area contributed by atoms with Crippen LogP contribution in [0.4, 0.5) is 0 Å². The molecule has 0 N–H and O–H groups in total. The van der Waals surface area contributed by atoms with Crippen molar-refractivity contribution in [2.75, 3.05) is 38.4 Å². The highest BCUT2D eigenvalue weighted by atomic mass is 79.9. The van der Waals surface area contributed by atoms with E-state index in [-0.39, 0.29) is 5.60 Å². The Morgan fingerprint density at radius 1 is 1.19 bits per heavy atom. The van der Waals surface area contributed by atoms with Crippen molar-refractivity contribution in [2.24, 2.45) is 5.92 Å². The van der Waals surface area contributed by atoms with Crippen molar-refractivity contribution in [1.82, 2.24) is 0 Å². The normalized spacial score (nSPS) is 24.6. The fourth-order valence-corrected chi connectivity index (χ4v) is 2.63. The molecule has 0 spiro atoms. The first-order valence-electron chi connectivity index (χ1n) is 6.20. The molecule has 2 aliphatic rings. The van der Waals surface area contributed by atoms with Crippen LogP contribution in [0, 0.1) is 5.92 Å². The van der Waals surface area contributed by atoms with Crippen LogP contribution < -0.4 is 0 Å². The molecule has 1 heterocycles. The molecule has 4 heteroatoms. The van der Waals surface area contributed by atoms with Gasteiger partial charge in [-0.15, -0.1) is 0 Å². The van der Waals surface area contributed by atoms with Gasteiger partial charge in [0, 0.05) is 38.0 Å². The molecule has 0 aromatic heterocycles. The monoisotopic (exact) mass is 292 g/mol. The zero-order chi connectivity index (χ0) is 11.3. The first kappa shape index (κ1) is 12.8. The van der Waals surface area contributed by atoms with E-state index >= 15 is 0 Å². The second kappa shape index (κ2) is 6.34. The van der Waals surface area contributed by atoms with Gasteiger partial charge < -0.3 is 14.2 Å². The quantitative estimate of drug-likeness (QED) is 0.533. The Kier molecular flexibility index (Phi) is 5.07. The Bertz CT molecular complexity index is 200. The maximum Gasteiger partial charge on any atom is 0.0823 e. The summed E-state index contributed by atoms with van der Waals surface area (Å²) < 4.78 is 16.9. The van der Waals surface area contributed by atoms with Crippen LogP contribution in [0.15, 0.2) is 0 Å². The molecule has 1 saturated carbocycles. The van der Waals surface area contributed by atoms with Gasteiger partial charge in [-0.05, 0) is 18.8 Å². The number of hydrogen-bond acceptors (Lipinski definition) is 3. The lowest BCUT2D eigenvalue weighted by Crippen LogP contribution is -2.41. The van der Waals surface area contributed by atoms with Gasteiger partial charge in [0.2, 0.25) is 0 Å². The molecule has 0 amide bonds. The van der Waals surface area contributed by atoms with Crippen LogP contribution in [-0.2, 0) is 14.2 Å². The van der Waals surface area contributed by atoms with Crippen LogP contribution in [0.25, 0.3) is 0 Å². The lowest BCUT2D eigenvalue weighted by molar-refractivity contribution is -0.107. The van der Waals surface area contributed by atoms with E-state index in [1.165, 1.54) is 12.8 Å². The van der Waals surface area contributed by atoms with Crippen molar-refractivity contribution in [3.63, 3.8) is 0 Å². The Hall–Kier alpha value is 0.360. The Balaban J connectivity index is 1.57. The first-order valence-corrected chi connectivity index (χ1v) is 7.32. The van der Waals surface area contributed by atoms with Gasteiger partial charge in [-0.25, -0.2) is 0 Å². The smallest absolute Gasteiger partial charge is 0.0823 e. The molecule has 1 aliphatic carbocycles. The zero-order valence-electron chi connectivity index (χ0n) is 9.75. The molecule has 94 valence electrons. The van der Waals surface area contributed by atoms with E-state index in [4.69, 9.17) is 14.2 Å². The summed E-state index contributed by atoms with van der Waals surface area (Å²) in [6, 6.07) is 0. The van der Waals surface area contributed by atoms with E-state index in [1.54, 1.807) is 0 Å². The summed E-state index contributed by atoms with van der Waals surface area (Å²) in [4.78, 5) is 0. The molecule has 1 saturated heterocycles. The molecular weight excluding hydrogens is 272 g/mol. The molecule has 0 aromatic rings. The third-order valence-electron chi connectivity index (χ3n) is 3.33. The van der Waals surface area contributed by atoms with Crippen LogP contribution in [0.2, 0.25) is 0 Å². The van der Waals surface area contributed by atoms with E-state index in [0.29, 0.717) is 6.61 Å². The highest BCUT2D eigenvalue weighted by Gasteiger charge is 2.32. The van der Waals surface area contributed by atoms with Crippen LogP contribution >= 0.6 is 15.9 Å². The Morgan fingerprint density at radius 2 is 1.94 bits per heavy atom. The molecule has 1 aliphatic heterocycles. The summed E-state index contributed by atoms with van der Waals surface area (Å²) >= 11 is 3.55. The SMILES string of the molecule is BrCC1(OCCOCC2CC2)CCOCC1. The van der Waals surface area contributed by atoms with Gasteiger partial charge in [0.05, 0.1) is 18.8 Å². The Labute approximate surface area is 106 Å². The standard InChI is InChI=1S/C12H21BrO3/c13-10-12(3-5-14-6-4-12)16-8-7-15-9-11-1-2-11/h11H,1-10H2. The minimum absolute atomic E-state index is 0.0127. The van der Waals surface area contributed by atoms with E-state index in [9.17, 15) is 0 Å². The fourth-order valence-electron chi connectivity index (χ4n) is 1.91. The van der Waals surface area contributed by atoms with Gasteiger partial charge in [-0.2, -0.15) is 0 Å². The van der Waals surface area contributed by atoms with Gasteiger partial charge in [0.25, 0.3) is 0 Å². The maximum absolute atomic E-state index is 5.97. The maximum atomic E-state index is 5.97. The summed E-state index contributed by atoms with van der Waals surface area (Å²) in [6.45, 7) is 3.99. The van der Waals surface area contributed by atoms with E-state index in [1.807, 2.05) is 0 Å². The van der Waals surface area contributed by atoms with Gasteiger partial charge in [0.1, 0.15) is 0 Å². The van der Waals surface area contributed by atoms with Crippen LogP contribution in [0.5, 0.6) is 0 Å². The number of halogens is 1. The van der Waals surface area contributed by atoms with Crippen LogP contribution in [0.3, 0.4) is 0 Å². The molecule has 0 atom stereocenters. The molecule has 0 radical (unpaired) electrons. The third kappa shape index (κ3) is 3.99. The summed E-state index contributed by atoms with van der Waals surface area (Å²) in [7, 11) is 0. The van der Waals surface area contributed by atoms with E-state index in [0.717, 1.165) is 50.5 Å². The zero-order valence-corrected chi connectivity index (χ0v) is 11.3. The summed E-state index contributed by atoms with van der Waals surface area (Å²) in [6.07, 6.45) is 4.68. The fraction of sp³-hybridized carbons (Fsp3) is 1.00. The van der Waals surface area contributed by atoms with Gasteiger partial charge in [-0.3, -0.25) is 0 Å². The van der Waals surface area contributed by atoms with Crippen molar-refractivity contribution in [3.8, 4) is 0 Å². The van der Waals surface area contributed by atoms with Crippen molar-refractivity contribution in [2.45, 2.75) is 31.3 Å². The topological polar surface area (TPSA) is 27.7 Å². The first-order chi connectivity index (χ1) is 7.85. The summed E-state index contributed by atoms with van der Waals surface area (Å²) in [5.74, 6) is 0.841. The van der Waals surface area contributed by atoms with Crippen LogP contribution in [0.1, 0.15) is 25.7 Å². The average molecular weight is 293 g/mol. The highest BCUT2D eigenvalue weighted by molar-refractivity contribution is 9.09. The van der Waals surface area contributed by atoms with Crippen molar-refractivity contribution in [3.05, 3.63) is 0 Å². The lowest BCUT2D eigenvalue weighted by Gasteiger charge is -2.35. The second-order valence-electron chi connectivity index (χ2n) is 4.80. The molecule has 3 nitrogen and oxygen atoms in total. The van der Waals surface area contributed by atoms with Gasteiger partial charge >= 0.3 is 0 Å². The Morgan fingerprint density at radius 3 is 2.56 bits per heavy atom. The lowest BCUT2D eigenvalue weighted by atomic mass is 9.97. The largest absolute Gasteiger partial charge is 0.381 e. The molecule has 0 aromatic carbocycles. The van der Waals surface area contributed by atoms with Crippen molar-refractivity contribution < 1.29 is 14.2 Å². The van der Waals surface area contributed by atoms with E-state index < -0.39 is 0 Å². The van der Waals surface area contributed by atoms with Crippen molar-refractivity contribution in [1.29, 1.82) is 0 Å². The summed E-state index contributed by atoms with van der Waals surface area (Å²) in [5, 5.41) is 0.895. The minimum atomic E-state index is -0.0127. The predicted molar refractivity (Wildman–Crippen MR) is 66.1 cm³/mol. The molecule has 0 bridgehead atoms. The third-order valence-corrected chi connectivity index (χ3v) is 4.36.